The molecule has 2 aliphatic heterocycles. The van der Waals surface area contributed by atoms with Crippen molar-refractivity contribution in [2.45, 2.75) is 71.8 Å². The van der Waals surface area contributed by atoms with Crippen LogP contribution in [0.25, 0.3) is 0 Å². The van der Waals surface area contributed by atoms with E-state index in [1.165, 1.54) is 38.5 Å². The van der Waals surface area contributed by atoms with Crippen LogP contribution in [0.1, 0.15) is 65.7 Å². The van der Waals surface area contributed by atoms with Gasteiger partial charge in [0.2, 0.25) is 5.91 Å². The number of carbonyl (C=O) groups excluding carboxylic acids is 1. The van der Waals surface area contributed by atoms with Crippen molar-refractivity contribution in [3.63, 3.8) is 0 Å². The summed E-state index contributed by atoms with van der Waals surface area (Å²) in [6, 6.07) is 0.0867. The first-order valence-electron chi connectivity index (χ1n) is 8.50. The van der Waals surface area contributed by atoms with Gasteiger partial charge in [0.05, 0.1) is 6.04 Å². The van der Waals surface area contributed by atoms with Gasteiger partial charge < -0.3 is 10.2 Å². The predicted octanol–water partition coefficient (Wildman–Crippen LogP) is 3.19. The summed E-state index contributed by atoms with van der Waals surface area (Å²) in [6.45, 7) is 9.93. The van der Waals surface area contributed by atoms with Crippen LogP contribution in [0, 0.1) is 11.3 Å². The highest BCUT2D eigenvalue weighted by atomic mass is 16.2. The molecule has 2 heterocycles. The van der Waals surface area contributed by atoms with Gasteiger partial charge in [-0.2, -0.15) is 0 Å². The van der Waals surface area contributed by atoms with E-state index in [-0.39, 0.29) is 6.04 Å². The van der Waals surface area contributed by atoms with Crippen LogP contribution in [-0.2, 0) is 4.79 Å². The maximum atomic E-state index is 12.7. The molecular formula is C17H32N2O. The van der Waals surface area contributed by atoms with Crippen molar-refractivity contribution < 1.29 is 4.79 Å². The van der Waals surface area contributed by atoms with Gasteiger partial charge in [-0.05, 0) is 50.0 Å². The van der Waals surface area contributed by atoms with Gasteiger partial charge in [0, 0.05) is 13.1 Å². The summed E-state index contributed by atoms with van der Waals surface area (Å²) < 4.78 is 0. The summed E-state index contributed by atoms with van der Waals surface area (Å²) in [5, 5.41) is 3.45. The van der Waals surface area contributed by atoms with Crippen LogP contribution in [0.2, 0.25) is 0 Å². The molecule has 3 heteroatoms. The molecule has 0 radical (unpaired) electrons. The summed E-state index contributed by atoms with van der Waals surface area (Å²) in [7, 11) is 0. The lowest BCUT2D eigenvalue weighted by atomic mass is 9.77. The number of rotatable bonds is 1. The Bertz CT molecular complexity index is 313. The molecular weight excluding hydrogens is 248 g/mol. The number of carbonyl (C=O) groups is 1. The van der Waals surface area contributed by atoms with Crippen LogP contribution in [0.15, 0.2) is 0 Å². The van der Waals surface area contributed by atoms with Crippen molar-refractivity contribution in [3.8, 4) is 0 Å². The Hall–Kier alpha value is -0.570. The van der Waals surface area contributed by atoms with Crippen LogP contribution in [0.4, 0.5) is 0 Å². The highest BCUT2D eigenvalue weighted by Crippen LogP contribution is 2.34. The molecule has 2 saturated heterocycles. The summed E-state index contributed by atoms with van der Waals surface area (Å²) >= 11 is 0. The second-order valence-electron chi connectivity index (χ2n) is 7.68. The van der Waals surface area contributed by atoms with Crippen LogP contribution in [0.3, 0.4) is 0 Å². The van der Waals surface area contributed by atoms with Crippen molar-refractivity contribution in [3.05, 3.63) is 0 Å². The molecule has 2 atom stereocenters. The summed E-state index contributed by atoms with van der Waals surface area (Å²) in [5.41, 5.74) is 0.375. The third-order valence-corrected chi connectivity index (χ3v) is 5.12. The van der Waals surface area contributed by atoms with E-state index in [1.807, 2.05) is 0 Å². The van der Waals surface area contributed by atoms with Gasteiger partial charge in [-0.1, -0.05) is 33.6 Å². The Labute approximate surface area is 124 Å². The third kappa shape index (κ3) is 4.21. The SMILES string of the molecule is CC(C)(C)C1CCCN(C(=O)C2CCCCCN2)CC1. The Morgan fingerprint density at radius 1 is 1.00 bits per heavy atom. The molecule has 1 amide bonds. The first-order chi connectivity index (χ1) is 9.48. The number of amides is 1. The highest BCUT2D eigenvalue weighted by Gasteiger charge is 2.30. The van der Waals surface area contributed by atoms with E-state index in [4.69, 9.17) is 0 Å². The average Bonchev–Trinajstić information content (AvgIpc) is 2.80. The zero-order valence-corrected chi connectivity index (χ0v) is 13.6. The van der Waals surface area contributed by atoms with Gasteiger partial charge in [-0.3, -0.25) is 4.79 Å². The molecule has 1 N–H and O–H groups in total. The predicted molar refractivity (Wildman–Crippen MR) is 83.6 cm³/mol. The van der Waals surface area contributed by atoms with Crippen LogP contribution >= 0.6 is 0 Å². The molecule has 116 valence electrons. The minimum absolute atomic E-state index is 0.0867. The molecule has 20 heavy (non-hydrogen) atoms. The standard InChI is InChI=1S/C17H32N2O/c1-17(2,3)14-8-7-12-19(13-10-14)16(20)15-9-5-4-6-11-18-15/h14-15,18H,4-13H2,1-3H3. The minimum atomic E-state index is 0.0867. The number of likely N-dealkylation sites (tertiary alicyclic amines) is 1. The lowest BCUT2D eigenvalue weighted by Gasteiger charge is -2.30. The summed E-state index contributed by atoms with van der Waals surface area (Å²) in [6.07, 6.45) is 8.31. The smallest absolute Gasteiger partial charge is 0.239 e. The van der Waals surface area contributed by atoms with Crippen molar-refractivity contribution in [1.82, 2.24) is 10.2 Å². The topological polar surface area (TPSA) is 32.3 Å². The zero-order valence-electron chi connectivity index (χ0n) is 13.6. The Kier molecular flexibility index (Phi) is 5.48. The van der Waals surface area contributed by atoms with Crippen LogP contribution < -0.4 is 5.32 Å². The molecule has 2 rings (SSSR count). The first-order valence-corrected chi connectivity index (χ1v) is 8.50. The van der Waals surface area contributed by atoms with Gasteiger partial charge in [0.25, 0.3) is 0 Å². The number of nitrogens with one attached hydrogen (secondary N) is 1. The van der Waals surface area contributed by atoms with Gasteiger partial charge in [-0.25, -0.2) is 0 Å². The molecule has 0 aliphatic carbocycles. The Balaban J connectivity index is 1.90. The molecule has 0 aromatic rings. The van der Waals surface area contributed by atoms with Crippen LogP contribution in [-0.4, -0.2) is 36.5 Å². The van der Waals surface area contributed by atoms with Gasteiger partial charge in [-0.15, -0.1) is 0 Å². The van der Waals surface area contributed by atoms with E-state index < -0.39 is 0 Å². The Morgan fingerprint density at radius 3 is 2.55 bits per heavy atom. The maximum Gasteiger partial charge on any atom is 0.239 e. The second-order valence-corrected chi connectivity index (χ2v) is 7.68. The number of hydrogen-bond donors (Lipinski definition) is 1. The summed E-state index contributed by atoms with van der Waals surface area (Å²) in [4.78, 5) is 14.8. The second kappa shape index (κ2) is 6.93. The van der Waals surface area contributed by atoms with Crippen molar-refractivity contribution in [1.29, 1.82) is 0 Å². The highest BCUT2D eigenvalue weighted by molar-refractivity contribution is 5.82. The van der Waals surface area contributed by atoms with E-state index in [0.717, 1.165) is 32.0 Å². The molecule has 2 aliphatic rings. The zero-order chi connectivity index (χ0) is 14.6. The molecule has 2 unspecified atom stereocenters. The van der Waals surface area contributed by atoms with Gasteiger partial charge in [0.1, 0.15) is 0 Å². The Morgan fingerprint density at radius 2 is 1.80 bits per heavy atom. The van der Waals surface area contributed by atoms with Gasteiger partial charge in [0.15, 0.2) is 0 Å². The van der Waals surface area contributed by atoms with Crippen molar-refractivity contribution in [2.75, 3.05) is 19.6 Å². The van der Waals surface area contributed by atoms with E-state index in [2.05, 4.69) is 31.0 Å². The quantitative estimate of drug-likeness (QED) is 0.800. The first kappa shape index (κ1) is 15.8. The monoisotopic (exact) mass is 280 g/mol. The number of nitrogens with zero attached hydrogens (tertiary/aromatic N) is 1. The molecule has 0 bridgehead atoms. The van der Waals surface area contributed by atoms with E-state index in [9.17, 15) is 4.79 Å². The lowest BCUT2D eigenvalue weighted by molar-refractivity contribution is -0.133. The lowest BCUT2D eigenvalue weighted by Crippen LogP contribution is -2.46. The molecule has 0 aromatic heterocycles. The minimum Gasteiger partial charge on any atom is -0.341 e. The molecule has 0 spiro atoms. The van der Waals surface area contributed by atoms with Crippen molar-refractivity contribution in [2.24, 2.45) is 11.3 Å². The molecule has 2 fully saturated rings. The fraction of sp³-hybridized carbons (Fsp3) is 0.941. The largest absolute Gasteiger partial charge is 0.341 e. The van der Waals surface area contributed by atoms with E-state index in [0.29, 0.717) is 11.3 Å². The van der Waals surface area contributed by atoms with Crippen LogP contribution in [0.5, 0.6) is 0 Å². The fourth-order valence-corrected chi connectivity index (χ4v) is 3.64. The maximum absolute atomic E-state index is 12.7. The third-order valence-electron chi connectivity index (χ3n) is 5.12. The summed E-state index contributed by atoms with van der Waals surface area (Å²) in [5.74, 6) is 1.11. The molecule has 0 aromatic carbocycles. The fourth-order valence-electron chi connectivity index (χ4n) is 3.64. The van der Waals surface area contributed by atoms with Gasteiger partial charge >= 0.3 is 0 Å². The average molecular weight is 280 g/mol. The normalized spacial score (nSPS) is 29.6. The van der Waals surface area contributed by atoms with Crippen molar-refractivity contribution >= 4 is 5.91 Å². The van der Waals surface area contributed by atoms with E-state index >= 15 is 0 Å². The molecule has 0 saturated carbocycles. The molecule has 3 nitrogen and oxygen atoms in total. The van der Waals surface area contributed by atoms with E-state index in [1.54, 1.807) is 0 Å². The number of hydrogen-bond acceptors (Lipinski definition) is 2.